The van der Waals surface area contributed by atoms with E-state index in [4.69, 9.17) is 0 Å². The predicted molar refractivity (Wildman–Crippen MR) is 321 cm³/mol. The minimum Gasteiger partial charge on any atom is -0.310 e. The van der Waals surface area contributed by atoms with E-state index in [-0.39, 0.29) is 21.7 Å². The first-order valence-corrected chi connectivity index (χ1v) is 29.1. The second-order valence-corrected chi connectivity index (χ2v) is 27.2. The number of rotatable bonds is 4. The van der Waals surface area contributed by atoms with Crippen LogP contribution in [0.2, 0.25) is 0 Å². The van der Waals surface area contributed by atoms with E-state index in [0.717, 1.165) is 11.8 Å². The highest BCUT2D eigenvalue weighted by molar-refractivity contribution is 6.02. The SMILES string of the molecule is CC(C)(C)c1ccc2c(c1)-c1cc(C(C)(C)C)ccc1C21c2ccccc2-c2c(N(c3cccc(-c4cccc5c4C(C)(C)c4ccccc4-5)c3)c3ccc4c(c3)C3(c5ccccc5-4)C4CC5CC(C4)CC3C5)cccc21. The summed E-state index contributed by atoms with van der Waals surface area (Å²) in [6, 6.07) is 74.8. The van der Waals surface area contributed by atoms with E-state index in [0.29, 0.717) is 11.8 Å². The summed E-state index contributed by atoms with van der Waals surface area (Å²) in [5, 5.41) is 0. The molecule has 0 saturated heterocycles. The van der Waals surface area contributed by atoms with E-state index in [1.54, 1.807) is 11.1 Å². The largest absolute Gasteiger partial charge is 0.310 e. The van der Waals surface area contributed by atoms with Gasteiger partial charge in [-0.2, -0.15) is 0 Å². The van der Waals surface area contributed by atoms with Crippen molar-refractivity contribution in [2.75, 3.05) is 4.90 Å². The van der Waals surface area contributed by atoms with Crippen LogP contribution in [0.15, 0.2) is 188 Å². The quantitative estimate of drug-likeness (QED) is 0.170. The summed E-state index contributed by atoms with van der Waals surface area (Å²) < 4.78 is 0. The number of benzene rings is 9. The van der Waals surface area contributed by atoms with Crippen LogP contribution in [-0.2, 0) is 27.1 Å². The van der Waals surface area contributed by atoms with Gasteiger partial charge in [-0.3, -0.25) is 0 Å². The van der Waals surface area contributed by atoms with Crippen molar-refractivity contribution in [3.05, 3.63) is 244 Å². The molecule has 8 aliphatic rings. The highest BCUT2D eigenvalue weighted by Crippen LogP contribution is 2.71. The number of fused-ring (bicyclic) bond motifs is 16. The van der Waals surface area contributed by atoms with Crippen LogP contribution in [0.4, 0.5) is 17.1 Å². The van der Waals surface area contributed by atoms with Crippen molar-refractivity contribution in [3.8, 4) is 55.6 Å². The van der Waals surface area contributed by atoms with E-state index in [1.165, 1.54) is 149 Å². The maximum atomic E-state index is 2.71. The van der Waals surface area contributed by atoms with Crippen molar-refractivity contribution in [1.82, 2.24) is 0 Å². The molecule has 4 saturated carbocycles. The van der Waals surface area contributed by atoms with E-state index in [9.17, 15) is 0 Å². The molecular formula is C76H69N. The summed E-state index contributed by atoms with van der Waals surface area (Å²) in [7, 11) is 0. The van der Waals surface area contributed by atoms with Crippen molar-refractivity contribution in [2.45, 2.75) is 115 Å². The molecule has 0 atom stereocenters. The first-order valence-electron chi connectivity index (χ1n) is 29.1. The van der Waals surface area contributed by atoms with Crippen LogP contribution in [0.3, 0.4) is 0 Å². The molecule has 2 spiro atoms. The number of hydrogen-bond donors (Lipinski definition) is 0. The highest BCUT2D eigenvalue weighted by Gasteiger charge is 2.62. The van der Waals surface area contributed by atoms with Gasteiger partial charge in [0, 0.05) is 27.8 Å². The molecule has 9 aromatic carbocycles. The third kappa shape index (κ3) is 5.96. The topological polar surface area (TPSA) is 3.24 Å². The van der Waals surface area contributed by atoms with Gasteiger partial charge < -0.3 is 4.90 Å². The smallest absolute Gasteiger partial charge is 0.0726 e. The third-order valence-electron chi connectivity index (χ3n) is 20.9. The highest BCUT2D eigenvalue weighted by atomic mass is 15.1. The van der Waals surface area contributed by atoms with Crippen LogP contribution in [0.1, 0.15) is 143 Å². The molecule has 1 nitrogen and oxygen atoms in total. The van der Waals surface area contributed by atoms with Crippen molar-refractivity contribution < 1.29 is 0 Å². The first kappa shape index (κ1) is 45.9. The summed E-state index contributed by atoms with van der Waals surface area (Å²) in [5.41, 5.74) is 31.0. The molecule has 0 amide bonds. The van der Waals surface area contributed by atoms with Crippen LogP contribution in [0, 0.1) is 23.7 Å². The lowest BCUT2D eigenvalue weighted by molar-refractivity contribution is -0.0399. The molecule has 17 rings (SSSR count). The molecule has 0 unspecified atom stereocenters. The Kier molecular flexibility index (Phi) is 9.25. The summed E-state index contributed by atoms with van der Waals surface area (Å²) >= 11 is 0. The molecule has 378 valence electrons. The van der Waals surface area contributed by atoms with Gasteiger partial charge >= 0.3 is 0 Å². The van der Waals surface area contributed by atoms with Gasteiger partial charge in [0.25, 0.3) is 0 Å². The van der Waals surface area contributed by atoms with Gasteiger partial charge in [0.2, 0.25) is 0 Å². The molecule has 8 aliphatic carbocycles. The molecule has 1 heteroatoms. The fraction of sp³-hybridized carbons (Fsp3) is 0.289. The van der Waals surface area contributed by atoms with Gasteiger partial charge in [-0.05, 0) is 203 Å². The molecule has 0 aliphatic heterocycles. The number of hydrogen-bond acceptors (Lipinski definition) is 1. The van der Waals surface area contributed by atoms with E-state index in [1.807, 2.05) is 0 Å². The Bertz CT molecular complexity index is 3920. The molecule has 9 aromatic rings. The predicted octanol–water partition coefficient (Wildman–Crippen LogP) is 19.8. The Morgan fingerprint density at radius 1 is 0.377 bits per heavy atom. The standard InChI is InChI=1S/C76H69N/c1-72(2,3)48-30-34-65-60(42-48)61-43-49(73(4,5)6)31-35-66(61)76(65)64-27-14-11-22-59(64)70-67(76)28-17-29-69(70)77(52-19-15-18-47(41-52)54-23-16-24-58-56-21-9-12-25-62(56)74(7,8)71(54)58)53-32-33-57-55-20-10-13-26-63(55)75(68(57)44-53)50-37-45-36-46(39-50)40-51(75)38-45/h9-35,41-46,50-51H,36-40H2,1-8H3. The van der Waals surface area contributed by atoms with E-state index < -0.39 is 5.41 Å². The fourth-order valence-electron chi connectivity index (χ4n) is 17.9. The molecule has 0 N–H and O–H groups in total. The van der Waals surface area contributed by atoms with Crippen LogP contribution in [0.25, 0.3) is 55.6 Å². The zero-order valence-electron chi connectivity index (χ0n) is 46.2. The van der Waals surface area contributed by atoms with Crippen LogP contribution < -0.4 is 4.90 Å². The molecule has 0 aromatic heterocycles. The monoisotopic (exact) mass is 996 g/mol. The second kappa shape index (κ2) is 15.5. The second-order valence-electron chi connectivity index (χ2n) is 27.2. The van der Waals surface area contributed by atoms with Crippen LogP contribution in [0.5, 0.6) is 0 Å². The van der Waals surface area contributed by atoms with Crippen LogP contribution >= 0.6 is 0 Å². The molecule has 0 heterocycles. The van der Waals surface area contributed by atoms with E-state index in [2.05, 4.69) is 248 Å². The zero-order chi connectivity index (χ0) is 52.1. The minimum atomic E-state index is -0.498. The Morgan fingerprint density at radius 3 is 1.55 bits per heavy atom. The zero-order valence-corrected chi connectivity index (χ0v) is 46.2. The molecular weight excluding hydrogens is 927 g/mol. The summed E-state index contributed by atoms with van der Waals surface area (Å²) in [6.07, 6.45) is 6.89. The molecule has 4 fully saturated rings. The van der Waals surface area contributed by atoms with Gasteiger partial charge in [-0.25, -0.2) is 0 Å². The molecule has 77 heavy (non-hydrogen) atoms. The first-order chi connectivity index (χ1) is 37.2. The van der Waals surface area contributed by atoms with Gasteiger partial charge in [0.15, 0.2) is 0 Å². The summed E-state index contributed by atoms with van der Waals surface area (Å²) in [4.78, 5) is 2.69. The lowest BCUT2D eigenvalue weighted by Crippen LogP contribution is -2.55. The Balaban J connectivity index is 0.962. The average molecular weight is 996 g/mol. The molecule has 4 bridgehead atoms. The number of anilines is 3. The van der Waals surface area contributed by atoms with Crippen molar-refractivity contribution in [3.63, 3.8) is 0 Å². The minimum absolute atomic E-state index is 0.00627. The van der Waals surface area contributed by atoms with Gasteiger partial charge in [0.05, 0.1) is 11.1 Å². The lowest BCUT2D eigenvalue weighted by Gasteiger charge is -2.61. The normalized spacial score (nSPS) is 22.5. The Hall–Kier alpha value is -7.22. The maximum Gasteiger partial charge on any atom is 0.0726 e. The average Bonchev–Trinajstić information content (AvgIpc) is 4.11. The van der Waals surface area contributed by atoms with Crippen molar-refractivity contribution >= 4 is 17.1 Å². The van der Waals surface area contributed by atoms with Gasteiger partial charge in [-0.15, -0.1) is 0 Å². The lowest BCUT2D eigenvalue weighted by atomic mass is 9.43. The molecule has 0 radical (unpaired) electrons. The van der Waals surface area contributed by atoms with Crippen molar-refractivity contribution in [1.29, 1.82) is 0 Å². The fourth-order valence-corrected chi connectivity index (χ4v) is 17.9. The summed E-state index contributed by atoms with van der Waals surface area (Å²) in [6.45, 7) is 19.0. The third-order valence-corrected chi connectivity index (χ3v) is 20.9. The van der Waals surface area contributed by atoms with Crippen LogP contribution in [-0.4, -0.2) is 0 Å². The van der Waals surface area contributed by atoms with E-state index >= 15 is 0 Å². The van der Waals surface area contributed by atoms with Gasteiger partial charge in [0.1, 0.15) is 0 Å². The Morgan fingerprint density at radius 2 is 0.883 bits per heavy atom. The Labute approximate surface area is 457 Å². The maximum absolute atomic E-state index is 2.71. The summed E-state index contributed by atoms with van der Waals surface area (Å²) in [5.74, 6) is 3.11. The van der Waals surface area contributed by atoms with Crippen molar-refractivity contribution in [2.24, 2.45) is 23.7 Å². The van der Waals surface area contributed by atoms with Gasteiger partial charge in [-0.1, -0.05) is 213 Å². The number of nitrogens with zero attached hydrogens (tertiary/aromatic N) is 1.